The molecule has 7 heteroatoms. The Kier molecular flexibility index (Phi) is 6.70. The number of likely N-dealkylation sites (N-methyl/N-ethyl adjacent to an activating group) is 1. The van der Waals surface area contributed by atoms with E-state index in [0.717, 1.165) is 25.4 Å². The number of carbonyl (C=O) groups is 2. The smallest absolute Gasteiger partial charge is 0.282 e. The monoisotopic (exact) mass is 449 g/mol. The lowest BCUT2D eigenvalue weighted by Gasteiger charge is -2.36. The summed E-state index contributed by atoms with van der Waals surface area (Å²) in [6.07, 6.45) is 0.0544. The third kappa shape index (κ3) is 4.59. The van der Waals surface area contributed by atoms with Crippen LogP contribution in [-0.2, 0) is 9.59 Å². The summed E-state index contributed by atoms with van der Waals surface area (Å²) in [7, 11) is 1.57. The van der Waals surface area contributed by atoms with E-state index in [1.165, 1.54) is 4.90 Å². The van der Waals surface area contributed by atoms with Crippen molar-refractivity contribution >= 4 is 23.1 Å². The zero-order valence-corrected chi connectivity index (χ0v) is 19.7. The molecule has 174 valence electrons. The van der Waals surface area contributed by atoms with Crippen LogP contribution in [0.1, 0.15) is 26.3 Å². The van der Waals surface area contributed by atoms with Gasteiger partial charge in [0.15, 0.2) is 0 Å². The molecule has 2 heterocycles. The zero-order valence-electron chi connectivity index (χ0n) is 19.7. The average molecular weight is 450 g/mol. The minimum absolute atomic E-state index is 0.0544. The Hall–Kier alpha value is -3.32. The van der Waals surface area contributed by atoms with Gasteiger partial charge in [0, 0.05) is 32.2 Å². The second kappa shape index (κ2) is 9.67. The van der Waals surface area contributed by atoms with E-state index in [0.29, 0.717) is 41.4 Å². The molecule has 7 nitrogen and oxygen atoms in total. The second-order valence-electron chi connectivity index (χ2n) is 8.48. The highest BCUT2D eigenvalue weighted by Crippen LogP contribution is 2.36. The van der Waals surface area contributed by atoms with Crippen molar-refractivity contribution in [3.8, 4) is 11.5 Å². The number of anilines is 1. The van der Waals surface area contributed by atoms with Gasteiger partial charge in [-0.3, -0.25) is 9.59 Å². The zero-order chi connectivity index (χ0) is 23.5. The highest BCUT2D eigenvalue weighted by molar-refractivity contribution is 6.45. The van der Waals surface area contributed by atoms with Crippen molar-refractivity contribution in [3.05, 3.63) is 59.8 Å². The maximum Gasteiger partial charge on any atom is 0.282 e. The third-order valence-corrected chi connectivity index (χ3v) is 6.02. The van der Waals surface area contributed by atoms with Gasteiger partial charge < -0.3 is 19.3 Å². The maximum absolute atomic E-state index is 13.7. The molecule has 0 aliphatic carbocycles. The van der Waals surface area contributed by atoms with Gasteiger partial charge in [-0.1, -0.05) is 25.1 Å². The summed E-state index contributed by atoms with van der Waals surface area (Å²) in [6.45, 7) is 10.2. The lowest BCUT2D eigenvalue weighted by Crippen LogP contribution is -2.47. The molecular weight excluding hydrogens is 418 g/mol. The molecule has 0 atom stereocenters. The van der Waals surface area contributed by atoms with E-state index in [4.69, 9.17) is 9.47 Å². The van der Waals surface area contributed by atoms with Crippen molar-refractivity contribution in [2.45, 2.75) is 26.9 Å². The van der Waals surface area contributed by atoms with Crippen LogP contribution in [0.2, 0.25) is 0 Å². The Bertz CT molecular complexity index is 1050. The summed E-state index contributed by atoms with van der Waals surface area (Å²) in [6, 6.07) is 14.5. The van der Waals surface area contributed by atoms with Crippen LogP contribution in [0.15, 0.2) is 54.2 Å². The van der Waals surface area contributed by atoms with Crippen molar-refractivity contribution in [3.63, 3.8) is 0 Å². The van der Waals surface area contributed by atoms with Gasteiger partial charge in [-0.05, 0) is 50.2 Å². The van der Waals surface area contributed by atoms with E-state index in [1.54, 1.807) is 31.4 Å². The first kappa shape index (κ1) is 22.9. The topological polar surface area (TPSA) is 62.3 Å². The Morgan fingerprint density at radius 2 is 1.61 bits per heavy atom. The summed E-state index contributed by atoms with van der Waals surface area (Å²) in [4.78, 5) is 33.0. The van der Waals surface area contributed by atoms with Gasteiger partial charge in [-0.15, -0.1) is 0 Å². The molecule has 2 aromatic rings. The highest BCUT2D eigenvalue weighted by atomic mass is 16.5. The molecule has 1 saturated heterocycles. The van der Waals surface area contributed by atoms with Crippen LogP contribution in [0.4, 0.5) is 5.69 Å². The second-order valence-corrected chi connectivity index (χ2v) is 8.48. The molecule has 2 amide bonds. The van der Waals surface area contributed by atoms with E-state index in [1.807, 2.05) is 38.1 Å². The number of benzene rings is 2. The van der Waals surface area contributed by atoms with Gasteiger partial charge in [-0.2, -0.15) is 0 Å². The first-order valence-corrected chi connectivity index (χ1v) is 11.4. The number of nitrogens with zero attached hydrogens (tertiary/aromatic N) is 3. The molecule has 2 aliphatic rings. The molecule has 0 spiro atoms. The summed E-state index contributed by atoms with van der Waals surface area (Å²) in [5.41, 5.74) is 2.12. The molecule has 0 aromatic heterocycles. The number of hydrogen-bond acceptors (Lipinski definition) is 6. The van der Waals surface area contributed by atoms with Crippen molar-refractivity contribution in [2.75, 3.05) is 44.7 Å². The molecule has 2 aliphatic heterocycles. The van der Waals surface area contributed by atoms with Crippen molar-refractivity contribution in [2.24, 2.45) is 0 Å². The molecular formula is C26H31N3O4. The molecule has 1 fully saturated rings. The summed E-state index contributed by atoms with van der Waals surface area (Å²) >= 11 is 0. The van der Waals surface area contributed by atoms with Crippen molar-refractivity contribution < 1.29 is 19.1 Å². The van der Waals surface area contributed by atoms with E-state index in [2.05, 4.69) is 16.7 Å². The third-order valence-electron chi connectivity index (χ3n) is 6.02. The van der Waals surface area contributed by atoms with E-state index in [9.17, 15) is 9.59 Å². The Morgan fingerprint density at radius 3 is 2.21 bits per heavy atom. The van der Waals surface area contributed by atoms with Crippen LogP contribution >= 0.6 is 0 Å². The Labute approximate surface area is 195 Å². The van der Waals surface area contributed by atoms with Crippen LogP contribution in [-0.4, -0.2) is 67.6 Å². The normalized spacial score (nSPS) is 17.4. The minimum atomic E-state index is -0.321. The number of rotatable bonds is 7. The SMILES string of the molecule is CCN1CCN(C2=C(c3ccc(OC(C)C)cc3)C(=O)N(c3cccc(OC)c3)C2=O)CC1. The number of methoxy groups -OCH3 is 1. The number of piperazine rings is 1. The first-order chi connectivity index (χ1) is 15.9. The molecule has 0 radical (unpaired) electrons. The van der Waals surface area contributed by atoms with Gasteiger partial charge in [0.2, 0.25) is 0 Å². The number of imide groups is 1. The van der Waals surface area contributed by atoms with Crippen LogP contribution in [0.25, 0.3) is 5.57 Å². The fraction of sp³-hybridized carbons (Fsp3) is 0.385. The van der Waals surface area contributed by atoms with Crippen LogP contribution in [0, 0.1) is 0 Å². The van der Waals surface area contributed by atoms with Crippen molar-refractivity contribution in [1.29, 1.82) is 0 Å². The van der Waals surface area contributed by atoms with Crippen LogP contribution < -0.4 is 14.4 Å². The predicted molar refractivity (Wildman–Crippen MR) is 128 cm³/mol. The van der Waals surface area contributed by atoms with Gasteiger partial charge in [0.25, 0.3) is 11.8 Å². The maximum atomic E-state index is 13.7. The fourth-order valence-electron chi connectivity index (χ4n) is 4.32. The molecule has 0 unspecified atom stereocenters. The fourth-order valence-corrected chi connectivity index (χ4v) is 4.32. The summed E-state index contributed by atoms with van der Waals surface area (Å²) < 4.78 is 11.1. The standard InChI is InChI=1S/C26H31N3O4/c1-5-27-13-15-28(16-14-27)24-23(19-9-11-21(12-10-19)33-18(2)3)25(30)29(26(24)31)20-7-6-8-22(17-20)32-4/h6-12,17-18H,5,13-16H2,1-4H3. The van der Waals surface area contributed by atoms with Gasteiger partial charge >= 0.3 is 0 Å². The largest absolute Gasteiger partial charge is 0.497 e. The van der Waals surface area contributed by atoms with E-state index in [-0.39, 0.29) is 17.9 Å². The Morgan fingerprint density at radius 1 is 0.909 bits per heavy atom. The van der Waals surface area contributed by atoms with E-state index >= 15 is 0 Å². The van der Waals surface area contributed by atoms with Crippen LogP contribution in [0.5, 0.6) is 11.5 Å². The van der Waals surface area contributed by atoms with E-state index < -0.39 is 0 Å². The highest BCUT2D eigenvalue weighted by Gasteiger charge is 2.43. The van der Waals surface area contributed by atoms with Crippen molar-refractivity contribution in [1.82, 2.24) is 9.80 Å². The number of carbonyl (C=O) groups excluding carboxylic acids is 2. The summed E-state index contributed by atoms with van der Waals surface area (Å²) in [5, 5.41) is 0. The average Bonchev–Trinajstić information content (AvgIpc) is 3.09. The minimum Gasteiger partial charge on any atom is -0.497 e. The predicted octanol–water partition coefficient (Wildman–Crippen LogP) is 3.40. The quantitative estimate of drug-likeness (QED) is 0.604. The van der Waals surface area contributed by atoms with Gasteiger partial charge in [0.05, 0.1) is 24.5 Å². The molecule has 4 rings (SSSR count). The molecule has 0 bridgehead atoms. The number of ether oxygens (including phenoxy) is 2. The molecule has 33 heavy (non-hydrogen) atoms. The number of hydrogen-bond donors (Lipinski definition) is 0. The van der Waals surface area contributed by atoms with Gasteiger partial charge in [-0.25, -0.2) is 4.90 Å². The molecule has 2 aromatic carbocycles. The van der Waals surface area contributed by atoms with Gasteiger partial charge in [0.1, 0.15) is 17.2 Å². The molecule has 0 N–H and O–H groups in total. The lowest BCUT2D eigenvalue weighted by molar-refractivity contribution is -0.120. The number of amides is 2. The molecule has 0 saturated carbocycles. The lowest BCUT2D eigenvalue weighted by atomic mass is 10.0. The summed E-state index contributed by atoms with van der Waals surface area (Å²) in [5.74, 6) is 0.707. The first-order valence-electron chi connectivity index (χ1n) is 11.4. The Balaban J connectivity index is 1.74. The van der Waals surface area contributed by atoms with Crippen LogP contribution in [0.3, 0.4) is 0 Å².